The lowest BCUT2D eigenvalue weighted by molar-refractivity contribution is -0.358. The van der Waals surface area contributed by atoms with E-state index in [2.05, 4.69) is 13.0 Å². The fourth-order valence-corrected chi connectivity index (χ4v) is 4.41. The van der Waals surface area contributed by atoms with Crippen LogP contribution in [-0.2, 0) is 23.4 Å². The minimum Gasteiger partial charge on any atom is -0.490 e. The van der Waals surface area contributed by atoms with E-state index >= 15 is 0 Å². The van der Waals surface area contributed by atoms with Gasteiger partial charge in [0.1, 0.15) is 30.2 Å². The van der Waals surface area contributed by atoms with Crippen LogP contribution in [0.4, 0.5) is 0 Å². The van der Waals surface area contributed by atoms with E-state index in [-0.39, 0.29) is 17.4 Å². The molecule has 1 aliphatic heterocycles. The van der Waals surface area contributed by atoms with Crippen molar-refractivity contribution in [3.05, 3.63) is 64.2 Å². The third kappa shape index (κ3) is 4.56. The fourth-order valence-electron chi connectivity index (χ4n) is 4.41. The molecule has 2 aliphatic rings. The van der Waals surface area contributed by atoms with Crippen LogP contribution in [0.15, 0.2) is 36.4 Å². The van der Waals surface area contributed by atoms with Crippen LogP contribution in [0.5, 0.6) is 5.75 Å². The van der Waals surface area contributed by atoms with Gasteiger partial charge in [-0.3, -0.25) is 0 Å². The zero-order chi connectivity index (χ0) is 24.5. The summed E-state index contributed by atoms with van der Waals surface area (Å²) in [6, 6.07) is 13.2. The Morgan fingerprint density at radius 3 is 2.32 bits per heavy atom. The average Bonchev–Trinajstić information content (AvgIpc) is 2.83. The lowest BCUT2D eigenvalue weighted by Crippen LogP contribution is -2.63. The van der Waals surface area contributed by atoms with Crippen LogP contribution in [0, 0.1) is 11.3 Å². The number of aryl methyl sites for hydroxylation is 1. The Morgan fingerprint density at radius 2 is 1.76 bits per heavy atom. The third-order valence-corrected chi connectivity index (χ3v) is 6.85. The van der Waals surface area contributed by atoms with E-state index in [9.17, 15) is 30.8 Å². The van der Waals surface area contributed by atoms with Crippen molar-refractivity contribution in [1.29, 1.82) is 5.26 Å². The summed E-state index contributed by atoms with van der Waals surface area (Å²) in [5.41, 5.74) is 3.10. The molecule has 5 atom stereocenters. The molecule has 8 heteroatoms. The highest BCUT2D eigenvalue weighted by Gasteiger charge is 2.55. The molecular weight excluding hydrogens is 438 g/mol. The smallest absolute Gasteiger partial charge is 0.226 e. The van der Waals surface area contributed by atoms with Crippen molar-refractivity contribution in [2.75, 3.05) is 6.61 Å². The van der Waals surface area contributed by atoms with Gasteiger partial charge < -0.3 is 35.0 Å². The number of ether oxygens (including phenoxy) is 2. The first kappa shape index (κ1) is 24.6. The number of nitriles is 1. The Labute approximate surface area is 198 Å². The summed E-state index contributed by atoms with van der Waals surface area (Å²) >= 11 is 0. The second-order valence-electron chi connectivity index (χ2n) is 9.10. The molecule has 0 radical (unpaired) electrons. The Hall–Kier alpha value is -2.51. The molecule has 0 unspecified atom stereocenters. The second kappa shape index (κ2) is 10.0. The number of benzene rings is 2. The number of hydrogen-bond donors (Lipinski definition) is 5. The molecule has 1 aliphatic carbocycles. The molecule has 2 aromatic carbocycles. The van der Waals surface area contributed by atoms with Crippen LogP contribution in [0.1, 0.15) is 54.0 Å². The van der Waals surface area contributed by atoms with Crippen molar-refractivity contribution in [3.63, 3.8) is 0 Å². The molecule has 1 saturated heterocycles. The number of aliphatic hydroxyl groups is 5. The first-order chi connectivity index (χ1) is 16.3. The molecule has 0 aromatic heterocycles. The van der Waals surface area contributed by atoms with Crippen LogP contribution < -0.4 is 4.74 Å². The van der Waals surface area contributed by atoms with Gasteiger partial charge in [0.05, 0.1) is 29.9 Å². The molecule has 2 fully saturated rings. The number of rotatable bonds is 7. The Balaban J connectivity index is 1.79. The monoisotopic (exact) mass is 469 g/mol. The van der Waals surface area contributed by atoms with Crippen LogP contribution in [0.3, 0.4) is 0 Å². The summed E-state index contributed by atoms with van der Waals surface area (Å²) in [5.74, 6) is -2.31. The van der Waals surface area contributed by atoms with Gasteiger partial charge in [0.15, 0.2) is 0 Å². The maximum Gasteiger partial charge on any atom is 0.226 e. The lowest BCUT2D eigenvalue weighted by Gasteiger charge is -2.46. The maximum absolute atomic E-state index is 11.5. The van der Waals surface area contributed by atoms with Gasteiger partial charge in [-0.1, -0.05) is 31.2 Å². The first-order valence-electron chi connectivity index (χ1n) is 11.7. The van der Waals surface area contributed by atoms with Crippen molar-refractivity contribution in [2.24, 2.45) is 0 Å². The summed E-state index contributed by atoms with van der Waals surface area (Å²) in [5, 5.41) is 62.2. The highest BCUT2D eigenvalue weighted by Crippen LogP contribution is 2.43. The summed E-state index contributed by atoms with van der Waals surface area (Å²) in [4.78, 5) is 0. The van der Waals surface area contributed by atoms with Crippen molar-refractivity contribution >= 4 is 0 Å². The average molecular weight is 470 g/mol. The van der Waals surface area contributed by atoms with Crippen LogP contribution in [0.25, 0.3) is 0 Å². The summed E-state index contributed by atoms with van der Waals surface area (Å²) in [6.07, 6.45) is -2.80. The molecule has 1 heterocycles. The Morgan fingerprint density at radius 1 is 1.09 bits per heavy atom. The van der Waals surface area contributed by atoms with E-state index in [1.807, 2.05) is 24.3 Å². The summed E-state index contributed by atoms with van der Waals surface area (Å²) < 4.78 is 11.6. The molecule has 0 amide bonds. The molecule has 0 bridgehead atoms. The van der Waals surface area contributed by atoms with Crippen LogP contribution >= 0.6 is 0 Å². The standard InChI is InChI=1S/C26H31NO7/c1-2-15-6-8-16(9-7-15)10-17-11-20(21(12-18(17)13-27)33-19-4-3-5-19)26(32)25(31)24(30)23(29)22(14-28)34-26/h6-9,11-12,19,22-25,28-32H,2-5,10,14H2,1H3/t22-,23-,24+,25-,26-/m1/s1. The molecule has 1 saturated carbocycles. The highest BCUT2D eigenvalue weighted by molar-refractivity contribution is 5.52. The predicted molar refractivity (Wildman–Crippen MR) is 122 cm³/mol. The predicted octanol–water partition coefficient (Wildman–Crippen LogP) is 1.26. The zero-order valence-corrected chi connectivity index (χ0v) is 19.1. The van der Waals surface area contributed by atoms with Crippen molar-refractivity contribution in [1.82, 2.24) is 0 Å². The minimum atomic E-state index is -2.47. The van der Waals surface area contributed by atoms with Gasteiger partial charge in [-0.15, -0.1) is 0 Å². The Kier molecular flexibility index (Phi) is 7.24. The van der Waals surface area contributed by atoms with Gasteiger partial charge in [-0.25, -0.2) is 0 Å². The van der Waals surface area contributed by atoms with E-state index < -0.39 is 36.8 Å². The Bertz CT molecular complexity index is 1040. The first-order valence-corrected chi connectivity index (χ1v) is 11.7. The SMILES string of the molecule is CCc1ccc(Cc2cc([C@@]3(O)O[C@H](CO)[C@@H](O)[C@H](O)[C@H]3O)c(OC3CCC3)cc2C#N)cc1. The van der Waals surface area contributed by atoms with Gasteiger partial charge in [0.25, 0.3) is 0 Å². The van der Waals surface area contributed by atoms with E-state index in [1.54, 1.807) is 6.07 Å². The topological polar surface area (TPSA) is 143 Å². The van der Waals surface area contributed by atoms with E-state index in [0.717, 1.165) is 31.2 Å². The number of nitrogens with zero attached hydrogens (tertiary/aromatic N) is 1. The maximum atomic E-state index is 11.5. The summed E-state index contributed by atoms with van der Waals surface area (Å²) in [6.45, 7) is 1.38. The molecule has 4 rings (SSSR count). The minimum absolute atomic E-state index is 0.0375. The van der Waals surface area contributed by atoms with Gasteiger partial charge in [0.2, 0.25) is 5.79 Å². The number of hydrogen-bond acceptors (Lipinski definition) is 8. The molecule has 0 spiro atoms. The van der Waals surface area contributed by atoms with E-state index in [4.69, 9.17) is 9.47 Å². The molecule has 34 heavy (non-hydrogen) atoms. The highest BCUT2D eigenvalue weighted by atomic mass is 16.7. The van der Waals surface area contributed by atoms with Gasteiger partial charge in [-0.05, 0) is 60.9 Å². The normalized spacial score (nSPS) is 29.3. The lowest BCUT2D eigenvalue weighted by atomic mass is 9.85. The van der Waals surface area contributed by atoms with Crippen molar-refractivity contribution < 1.29 is 35.0 Å². The fraction of sp³-hybridized carbons (Fsp3) is 0.500. The zero-order valence-electron chi connectivity index (χ0n) is 19.1. The van der Waals surface area contributed by atoms with Gasteiger partial charge in [-0.2, -0.15) is 5.26 Å². The molecular formula is C26H31NO7. The number of aliphatic hydroxyl groups excluding tert-OH is 4. The molecule has 5 N–H and O–H groups in total. The molecule has 182 valence electrons. The molecule has 8 nitrogen and oxygen atoms in total. The van der Waals surface area contributed by atoms with Crippen molar-refractivity contribution in [2.45, 2.75) is 75.3 Å². The second-order valence-corrected chi connectivity index (χ2v) is 9.10. The van der Waals surface area contributed by atoms with Crippen LogP contribution in [-0.4, -0.2) is 62.7 Å². The third-order valence-electron chi connectivity index (χ3n) is 6.85. The van der Waals surface area contributed by atoms with E-state index in [1.165, 1.54) is 11.6 Å². The molecule has 2 aromatic rings. The van der Waals surface area contributed by atoms with Crippen molar-refractivity contribution in [3.8, 4) is 11.8 Å². The largest absolute Gasteiger partial charge is 0.490 e. The van der Waals surface area contributed by atoms with Crippen LogP contribution in [0.2, 0.25) is 0 Å². The van der Waals surface area contributed by atoms with E-state index in [0.29, 0.717) is 17.5 Å². The van der Waals surface area contributed by atoms with Gasteiger partial charge >= 0.3 is 0 Å². The quantitative estimate of drug-likeness (QED) is 0.408. The van der Waals surface area contributed by atoms with Gasteiger partial charge in [0, 0.05) is 0 Å². The summed E-state index contributed by atoms with van der Waals surface area (Å²) in [7, 11) is 0.